The Kier molecular flexibility index (Phi) is 5.65. The topological polar surface area (TPSA) is 55.6 Å². The standard InChI is InChI=1S/C14H22N2O2/c1-4-16(14(17)11(2)9-15)10-12-5-7-13(18-3)8-6-12/h5-8,11H,4,9-10,15H2,1-3H3. The van der Waals surface area contributed by atoms with Crippen LogP contribution < -0.4 is 10.5 Å². The Morgan fingerprint density at radius 3 is 2.44 bits per heavy atom. The molecule has 18 heavy (non-hydrogen) atoms. The molecule has 0 saturated heterocycles. The van der Waals surface area contributed by atoms with E-state index in [0.29, 0.717) is 19.6 Å². The second kappa shape index (κ2) is 7.01. The maximum Gasteiger partial charge on any atom is 0.226 e. The molecule has 0 aliphatic rings. The summed E-state index contributed by atoms with van der Waals surface area (Å²) in [5, 5.41) is 0. The van der Waals surface area contributed by atoms with E-state index in [4.69, 9.17) is 10.5 Å². The number of methoxy groups -OCH3 is 1. The molecular formula is C14H22N2O2. The molecule has 4 nitrogen and oxygen atoms in total. The molecule has 0 radical (unpaired) electrons. The van der Waals surface area contributed by atoms with Crippen molar-refractivity contribution in [3.8, 4) is 5.75 Å². The van der Waals surface area contributed by atoms with E-state index < -0.39 is 0 Å². The van der Waals surface area contributed by atoms with E-state index in [1.54, 1.807) is 7.11 Å². The lowest BCUT2D eigenvalue weighted by Crippen LogP contribution is -2.37. The van der Waals surface area contributed by atoms with Crippen LogP contribution >= 0.6 is 0 Å². The Bertz CT molecular complexity index is 376. The maximum atomic E-state index is 12.1. The minimum atomic E-state index is -0.122. The van der Waals surface area contributed by atoms with Gasteiger partial charge in [-0.25, -0.2) is 0 Å². The van der Waals surface area contributed by atoms with Crippen LogP contribution in [0.4, 0.5) is 0 Å². The summed E-state index contributed by atoms with van der Waals surface area (Å²) in [7, 11) is 1.64. The van der Waals surface area contributed by atoms with Crippen LogP contribution in [0.1, 0.15) is 19.4 Å². The van der Waals surface area contributed by atoms with Crippen LogP contribution in [0.2, 0.25) is 0 Å². The first-order valence-corrected chi connectivity index (χ1v) is 6.24. The van der Waals surface area contributed by atoms with Gasteiger partial charge in [0, 0.05) is 25.6 Å². The van der Waals surface area contributed by atoms with Crippen LogP contribution in [0.5, 0.6) is 5.75 Å². The summed E-state index contributed by atoms with van der Waals surface area (Å²) >= 11 is 0. The minimum Gasteiger partial charge on any atom is -0.497 e. The Morgan fingerprint density at radius 2 is 2.00 bits per heavy atom. The van der Waals surface area contributed by atoms with Gasteiger partial charge in [-0.1, -0.05) is 19.1 Å². The smallest absolute Gasteiger partial charge is 0.226 e. The van der Waals surface area contributed by atoms with E-state index in [2.05, 4.69) is 0 Å². The van der Waals surface area contributed by atoms with Gasteiger partial charge in [0.25, 0.3) is 0 Å². The summed E-state index contributed by atoms with van der Waals surface area (Å²) in [4.78, 5) is 13.9. The number of carbonyl (C=O) groups is 1. The highest BCUT2D eigenvalue weighted by Gasteiger charge is 2.17. The van der Waals surface area contributed by atoms with Gasteiger partial charge in [-0.15, -0.1) is 0 Å². The molecule has 2 N–H and O–H groups in total. The third kappa shape index (κ3) is 3.74. The molecule has 0 aliphatic carbocycles. The van der Waals surface area contributed by atoms with Crippen LogP contribution in [-0.4, -0.2) is 31.0 Å². The van der Waals surface area contributed by atoms with Gasteiger partial charge >= 0.3 is 0 Å². The van der Waals surface area contributed by atoms with Gasteiger partial charge in [0.2, 0.25) is 5.91 Å². The molecule has 0 aliphatic heterocycles. The molecule has 1 aromatic rings. The lowest BCUT2D eigenvalue weighted by molar-refractivity contribution is -0.135. The number of rotatable bonds is 6. The van der Waals surface area contributed by atoms with Crippen molar-refractivity contribution in [3.05, 3.63) is 29.8 Å². The molecular weight excluding hydrogens is 228 g/mol. The molecule has 1 aromatic carbocycles. The molecule has 0 bridgehead atoms. The van der Waals surface area contributed by atoms with Gasteiger partial charge in [0.15, 0.2) is 0 Å². The van der Waals surface area contributed by atoms with Crippen LogP contribution in [-0.2, 0) is 11.3 Å². The molecule has 1 unspecified atom stereocenters. The highest BCUT2D eigenvalue weighted by molar-refractivity contribution is 5.78. The minimum absolute atomic E-state index is 0.107. The van der Waals surface area contributed by atoms with Crippen molar-refractivity contribution in [2.45, 2.75) is 20.4 Å². The van der Waals surface area contributed by atoms with E-state index in [9.17, 15) is 4.79 Å². The fourth-order valence-corrected chi connectivity index (χ4v) is 1.71. The van der Waals surface area contributed by atoms with E-state index >= 15 is 0 Å². The molecule has 0 spiro atoms. The van der Waals surface area contributed by atoms with Gasteiger partial charge in [0.05, 0.1) is 7.11 Å². The number of amides is 1. The summed E-state index contributed by atoms with van der Waals surface area (Å²) in [6.07, 6.45) is 0. The van der Waals surface area contributed by atoms with Crippen LogP contribution in [0, 0.1) is 5.92 Å². The molecule has 100 valence electrons. The number of hydrogen-bond acceptors (Lipinski definition) is 3. The Morgan fingerprint density at radius 1 is 1.39 bits per heavy atom. The highest BCUT2D eigenvalue weighted by Crippen LogP contribution is 2.14. The summed E-state index contributed by atoms with van der Waals surface area (Å²) in [5.74, 6) is 0.808. The zero-order valence-electron chi connectivity index (χ0n) is 11.3. The van der Waals surface area contributed by atoms with E-state index in [1.165, 1.54) is 0 Å². The Hall–Kier alpha value is -1.55. The van der Waals surface area contributed by atoms with E-state index in [1.807, 2.05) is 43.0 Å². The molecule has 1 rings (SSSR count). The van der Waals surface area contributed by atoms with Crippen molar-refractivity contribution in [1.29, 1.82) is 0 Å². The second-order valence-electron chi connectivity index (χ2n) is 4.34. The average molecular weight is 250 g/mol. The first-order valence-electron chi connectivity index (χ1n) is 6.24. The summed E-state index contributed by atoms with van der Waals surface area (Å²) in [6.45, 7) is 5.53. The Labute approximate surface area is 109 Å². The van der Waals surface area contributed by atoms with Gasteiger partial charge in [-0.05, 0) is 24.6 Å². The maximum absolute atomic E-state index is 12.1. The fourth-order valence-electron chi connectivity index (χ4n) is 1.71. The number of nitrogens with two attached hydrogens (primary N) is 1. The van der Waals surface area contributed by atoms with Crippen LogP contribution in [0.25, 0.3) is 0 Å². The summed E-state index contributed by atoms with van der Waals surface area (Å²) in [6, 6.07) is 7.75. The van der Waals surface area contributed by atoms with Crippen molar-refractivity contribution in [1.82, 2.24) is 4.90 Å². The van der Waals surface area contributed by atoms with Crippen molar-refractivity contribution in [2.75, 3.05) is 20.2 Å². The lowest BCUT2D eigenvalue weighted by atomic mass is 10.1. The first kappa shape index (κ1) is 14.5. The zero-order chi connectivity index (χ0) is 13.5. The van der Waals surface area contributed by atoms with Crippen molar-refractivity contribution in [3.63, 3.8) is 0 Å². The molecule has 0 aromatic heterocycles. The quantitative estimate of drug-likeness (QED) is 0.835. The second-order valence-corrected chi connectivity index (χ2v) is 4.34. The molecule has 4 heteroatoms. The summed E-state index contributed by atoms with van der Waals surface area (Å²) < 4.78 is 5.11. The fraction of sp³-hybridized carbons (Fsp3) is 0.500. The third-order valence-corrected chi connectivity index (χ3v) is 3.00. The predicted molar refractivity (Wildman–Crippen MR) is 72.3 cm³/mol. The molecule has 1 atom stereocenters. The molecule has 0 fully saturated rings. The Balaban J connectivity index is 2.70. The molecule has 0 heterocycles. The van der Waals surface area contributed by atoms with Gasteiger partial charge in [0.1, 0.15) is 5.75 Å². The van der Waals surface area contributed by atoms with Crippen molar-refractivity contribution >= 4 is 5.91 Å². The van der Waals surface area contributed by atoms with Crippen LogP contribution in [0.3, 0.4) is 0 Å². The van der Waals surface area contributed by atoms with Gasteiger partial charge in [-0.3, -0.25) is 4.79 Å². The average Bonchev–Trinajstić information content (AvgIpc) is 2.43. The van der Waals surface area contributed by atoms with E-state index in [-0.39, 0.29) is 11.8 Å². The number of ether oxygens (including phenoxy) is 1. The monoisotopic (exact) mass is 250 g/mol. The predicted octanol–water partition coefficient (Wildman–Crippen LogP) is 1.64. The number of carbonyl (C=O) groups excluding carboxylic acids is 1. The van der Waals surface area contributed by atoms with Gasteiger partial charge < -0.3 is 15.4 Å². The van der Waals surface area contributed by atoms with E-state index in [0.717, 1.165) is 11.3 Å². The zero-order valence-corrected chi connectivity index (χ0v) is 11.3. The van der Waals surface area contributed by atoms with Crippen LogP contribution in [0.15, 0.2) is 24.3 Å². The highest BCUT2D eigenvalue weighted by atomic mass is 16.5. The number of benzene rings is 1. The van der Waals surface area contributed by atoms with Gasteiger partial charge in [-0.2, -0.15) is 0 Å². The SMILES string of the molecule is CCN(Cc1ccc(OC)cc1)C(=O)C(C)CN. The lowest BCUT2D eigenvalue weighted by Gasteiger charge is -2.24. The van der Waals surface area contributed by atoms with Crippen molar-refractivity contribution < 1.29 is 9.53 Å². The summed E-state index contributed by atoms with van der Waals surface area (Å²) in [5.41, 5.74) is 6.63. The normalized spacial score (nSPS) is 12.0. The first-order chi connectivity index (χ1) is 8.62. The molecule has 0 saturated carbocycles. The largest absolute Gasteiger partial charge is 0.497 e. The third-order valence-electron chi connectivity index (χ3n) is 3.00. The number of hydrogen-bond donors (Lipinski definition) is 1. The number of nitrogens with zero attached hydrogens (tertiary/aromatic N) is 1. The molecule has 1 amide bonds. The van der Waals surface area contributed by atoms with Crippen molar-refractivity contribution in [2.24, 2.45) is 11.7 Å².